The van der Waals surface area contributed by atoms with Crippen molar-refractivity contribution in [3.8, 4) is 17.1 Å². The van der Waals surface area contributed by atoms with E-state index in [-0.39, 0.29) is 0 Å². The molecule has 154 valence electrons. The highest BCUT2D eigenvalue weighted by atomic mass is 15.2. The maximum absolute atomic E-state index is 2.52. The molecule has 30 heavy (non-hydrogen) atoms. The molecule has 0 N–H and O–H groups in total. The molecule has 1 aromatic heterocycles. The van der Waals surface area contributed by atoms with E-state index in [9.17, 15) is 0 Å². The maximum Gasteiger partial charge on any atom is 0.295 e. The van der Waals surface area contributed by atoms with Gasteiger partial charge in [-0.3, -0.25) is 0 Å². The Morgan fingerprint density at radius 3 is 2.03 bits per heavy atom. The van der Waals surface area contributed by atoms with Gasteiger partial charge >= 0.3 is 0 Å². The van der Waals surface area contributed by atoms with Gasteiger partial charge in [-0.25, -0.2) is 4.57 Å². The number of aryl methyl sites for hydroxylation is 3. The number of benzene rings is 3. The zero-order chi connectivity index (χ0) is 21.6. The van der Waals surface area contributed by atoms with Crippen LogP contribution >= 0.6 is 0 Å². The maximum atomic E-state index is 2.52. The Morgan fingerprint density at radius 1 is 0.767 bits per heavy atom. The molecule has 0 bridgehead atoms. The molecule has 0 spiro atoms. The predicted molar refractivity (Wildman–Crippen MR) is 128 cm³/mol. The number of aromatic nitrogens is 2. The highest BCUT2D eigenvalue weighted by Gasteiger charge is 2.30. The van der Waals surface area contributed by atoms with Crippen LogP contribution in [0.2, 0.25) is 0 Å². The molecule has 0 atom stereocenters. The molecule has 0 saturated heterocycles. The van der Waals surface area contributed by atoms with Gasteiger partial charge in [0, 0.05) is 11.1 Å². The molecule has 0 fully saturated rings. The molecule has 0 aliphatic heterocycles. The van der Waals surface area contributed by atoms with Crippen LogP contribution in [0.5, 0.6) is 0 Å². The van der Waals surface area contributed by atoms with Crippen molar-refractivity contribution in [1.82, 2.24) is 4.57 Å². The summed E-state index contributed by atoms with van der Waals surface area (Å²) < 4.78 is 4.88. The normalized spacial score (nSPS) is 11.8. The summed E-state index contributed by atoms with van der Waals surface area (Å²) in [6, 6.07) is 22.4. The number of para-hydroxylation sites is 3. The first-order chi connectivity index (χ1) is 14.3. The molecule has 0 saturated carbocycles. The van der Waals surface area contributed by atoms with E-state index in [1.807, 2.05) is 0 Å². The molecule has 2 nitrogen and oxygen atoms in total. The second-order valence-corrected chi connectivity index (χ2v) is 9.12. The van der Waals surface area contributed by atoms with Gasteiger partial charge in [-0.1, -0.05) is 75.7 Å². The van der Waals surface area contributed by atoms with E-state index >= 15 is 0 Å². The third-order valence-electron chi connectivity index (χ3n) is 6.21. The quantitative estimate of drug-likeness (QED) is 0.328. The molecule has 1 heterocycles. The summed E-state index contributed by atoms with van der Waals surface area (Å²) >= 11 is 0. The summed E-state index contributed by atoms with van der Waals surface area (Å²) in [5.74, 6) is 2.13. The largest absolute Gasteiger partial charge is 0.295 e. The Bertz CT molecular complexity index is 1200. The lowest BCUT2D eigenvalue weighted by Crippen LogP contribution is -2.30. The first-order valence-electron chi connectivity index (χ1n) is 11.0. The van der Waals surface area contributed by atoms with Crippen molar-refractivity contribution in [2.24, 2.45) is 7.05 Å². The van der Waals surface area contributed by atoms with E-state index < -0.39 is 0 Å². The molecular formula is C28H33N2+. The Morgan fingerprint density at radius 2 is 1.40 bits per heavy atom. The van der Waals surface area contributed by atoms with Gasteiger partial charge in [-0.05, 0) is 49.4 Å². The van der Waals surface area contributed by atoms with Gasteiger partial charge in [-0.2, -0.15) is 4.57 Å². The summed E-state index contributed by atoms with van der Waals surface area (Å²) in [4.78, 5) is 0. The SMILES string of the molecule is Cc1ccc(C)c(-c2n(-c3c(C(C)C)cccc3C(C)C)c3ccccc3[n+]2C)c1. The van der Waals surface area contributed by atoms with E-state index in [2.05, 4.69) is 118 Å². The standard InChI is InChI=1S/C28H33N2/c1-18(2)22-11-10-12-23(19(3)4)27(22)30-26-14-9-8-13-25(26)29(7)28(30)24-17-20(5)15-16-21(24)6/h8-19H,1-7H3/q+1. The minimum Gasteiger partial charge on any atom is -0.225 e. The lowest BCUT2D eigenvalue weighted by Gasteiger charge is -2.18. The number of nitrogens with zero attached hydrogens (tertiary/aromatic N) is 2. The minimum absolute atomic E-state index is 0.441. The molecule has 2 heteroatoms. The molecule has 3 aromatic carbocycles. The fraction of sp³-hybridized carbons (Fsp3) is 0.321. The van der Waals surface area contributed by atoms with Crippen LogP contribution in [0.1, 0.15) is 61.8 Å². The lowest BCUT2D eigenvalue weighted by molar-refractivity contribution is -0.633. The van der Waals surface area contributed by atoms with E-state index in [1.165, 1.54) is 50.4 Å². The predicted octanol–water partition coefficient (Wildman–Crippen LogP) is 6.99. The van der Waals surface area contributed by atoms with Gasteiger partial charge in [-0.15, -0.1) is 0 Å². The topological polar surface area (TPSA) is 8.81 Å². The Balaban J connectivity index is 2.23. The van der Waals surface area contributed by atoms with Crippen molar-refractivity contribution in [3.05, 3.63) is 82.9 Å². The Labute approximate surface area is 180 Å². The molecule has 4 aromatic rings. The van der Waals surface area contributed by atoms with Gasteiger partial charge in [0.1, 0.15) is 5.69 Å². The van der Waals surface area contributed by atoms with Crippen LogP contribution in [0.3, 0.4) is 0 Å². The second kappa shape index (κ2) is 7.75. The minimum atomic E-state index is 0.441. The highest BCUT2D eigenvalue weighted by Crippen LogP contribution is 2.37. The van der Waals surface area contributed by atoms with Crippen LogP contribution in [0, 0.1) is 13.8 Å². The van der Waals surface area contributed by atoms with E-state index in [0.717, 1.165) is 0 Å². The van der Waals surface area contributed by atoms with Crippen molar-refractivity contribution in [3.63, 3.8) is 0 Å². The summed E-state index contributed by atoms with van der Waals surface area (Å²) in [5, 5.41) is 0. The highest BCUT2D eigenvalue weighted by molar-refractivity contribution is 5.81. The molecular weight excluding hydrogens is 364 g/mol. The Hall–Kier alpha value is -2.87. The monoisotopic (exact) mass is 397 g/mol. The van der Waals surface area contributed by atoms with Crippen LogP contribution < -0.4 is 4.57 Å². The average molecular weight is 398 g/mol. The van der Waals surface area contributed by atoms with Gasteiger partial charge in [0.15, 0.2) is 11.0 Å². The number of hydrogen-bond acceptors (Lipinski definition) is 0. The Kier molecular flexibility index (Phi) is 5.27. The van der Waals surface area contributed by atoms with Gasteiger partial charge < -0.3 is 0 Å². The number of fused-ring (bicyclic) bond motifs is 1. The molecule has 0 radical (unpaired) electrons. The first-order valence-corrected chi connectivity index (χ1v) is 11.0. The summed E-state index contributed by atoms with van der Waals surface area (Å²) in [7, 11) is 2.20. The summed E-state index contributed by atoms with van der Waals surface area (Å²) in [6.07, 6.45) is 0. The molecule has 0 amide bonds. The van der Waals surface area contributed by atoms with Crippen LogP contribution in [0.4, 0.5) is 0 Å². The van der Waals surface area contributed by atoms with E-state index in [4.69, 9.17) is 0 Å². The fourth-order valence-electron chi connectivity index (χ4n) is 4.59. The van der Waals surface area contributed by atoms with Crippen LogP contribution in [0.15, 0.2) is 60.7 Å². The third kappa shape index (κ3) is 3.25. The van der Waals surface area contributed by atoms with Crippen molar-refractivity contribution >= 4 is 11.0 Å². The van der Waals surface area contributed by atoms with Gasteiger partial charge in [0.25, 0.3) is 5.82 Å². The summed E-state index contributed by atoms with van der Waals surface area (Å²) in [6.45, 7) is 13.6. The molecule has 4 rings (SSSR count). The second-order valence-electron chi connectivity index (χ2n) is 9.12. The van der Waals surface area contributed by atoms with E-state index in [1.54, 1.807) is 0 Å². The summed E-state index contributed by atoms with van der Waals surface area (Å²) in [5.41, 5.74) is 10.5. The van der Waals surface area contributed by atoms with E-state index in [0.29, 0.717) is 11.8 Å². The smallest absolute Gasteiger partial charge is 0.225 e. The lowest BCUT2D eigenvalue weighted by atomic mass is 9.92. The van der Waals surface area contributed by atoms with Crippen molar-refractivity contribution in [2.45, 2.75) is 53.4 Å². The van der Waals surface area contributed by atoms with Crippen molar-refractivity contribution < 1.29 is 4.57 Å². The molecule has 0 unspecified atom stereocenters. The zero-order valence-corrected chi connectivity index (χ0v) is 19.3. The number of rotatable bonds is 4. The third-order valence-corrected chi connectivity index (χ3v) is 6.21. The van der Waals surface area contributed by atoms with Gasteiger partial charge in [0.2, 0.25) is 0 Å². The van der Waals surface area contributed by atoms with Crippen LogP contribution in [-0.2, 0) is 7.05 Å². The van der Waals surface area contributed by atoms with Crippen LogP contribution in [0.25, 0.3) is 28.1 Å². The molecule has 0 aliphatic carbocycles. The van der Waals surface area contributed by atoms with Crippen molar-refractivity contribution in [2.75, 3.05) is 0 Å². The van der Waals surface area contributed by atoms with Gasteiger partial charge in [0.05, 0.1) is 12.6 Å². The first kappa shape index (κ1) is 20.4. The average Bonchev–Trinajstić information content (AvgIpc) is 3.01. The number of hydrogen-bond donors (Lipinski definition) is 0. The molecule has 0 aliphatic rings. The van der Waals surface area contributed by atoms with Crippen molar-refractivity contribution in [1.29, 1.82) is 0 Å². The zero-order valence-electron chi connectivity index (χ0n) is 19.3. The number of imidazole rings is 1. The van der Waals surface area contributed by atoms with Crippen LogP contribution in [-0.4, -0.2) is 4.57 Å². The fourth-order valence-corrected chi connectivity index (χ4v) is 4.59.